The lowest BCUT2D eigenvalue weighted by Crippen LogP contribution is -2.39. The van der Waals surface area contributed by atoms with Crippen LogP contribution in [0.15, 0.2) is 12.1 Å². The molecule has 0 amide bonds. The molecule has 1 rings (SSSR count). The highest BCUT2D eigenvalue weighted by Crippen LogP contribution is 2.39. The number of benzene rings is 1. The zero-order valence-corrected chi connectivity index (χ0v) is 13.0. The summed E-state index contributed by atoms with van der Waals surface area (Å²) < 4.78 is 16.0. The summed E-state index contributed by atoms with van der Waals surface area (Å²) in [6.45, 7) is 5.96. The Morgan fingerprint density at radius 1 is 1.10 bits per heavy atom. The van der Waals surface area contributed by atoms with E-state index < -0.39 is 0 Å². The molecule has 0 aliphatic carbocycles. The van der Waals surface area contributed by atoms with Crippen molar-refractivity contribution in [2.75, 3.05) is 21.3 Å². The molecule has 1 N–H and O–H groups in total. The summed E-state index contributed by atoms with van der Waals surface area (Å²) in [5, 5.41) is 3.37. The second kappa shape index (κ2) is 6.53. The van der Waals surface area contributed by atoms with Gasteiger partial charge in [0.1, 0.15) is 0 Å². The molecule has 110 valence electrons. The van der Waals surface area contributed by atoms with Gasteiger partial charge in [-0.2, -0.15) is 0 Å². The molecule has 4 nitrogen and oxygen atoms in total. The Bertz CT molecular complexity index is 478. The molecule has 1 unspecified atom stereocenters. The van der Waals surface area contributed by atoms with Gasteiger partial charge >= 0.3 is 0 Å². The largest absolute Gasteiger partial charge is 0.493 e. The lowest BCUT2D eigenvalue weighted by atomic mass is 10.0. The van der Waals surface area contributed by atoms with Gasteiger partial charge in [0.15, 0.2) is 11.5 Å². The van der Waals surface area contributed by atoms with Crippen molar-refractivity contribution in [1.82, 2.24) is 5.32 Å². The van der Waals surface area contributed by atoms with Gasteiger partial charge in [0.05, 0.1) is 26.9 Å². The maximum atomic E-state index is 5.51. The zero-order valence-electron chi connectivity index (χ0n) is 13.0. The van der Waals surface area contributed by atoms with Crippen molar-refractivity contribution in [3.63, 3.8) is 0 Å². The van der Waals surface area contributed by atoms with Gasteiger partial charge in [0, 0.05) is 6.04 Å². The van der Waals surface area contributed by atoms with E-state index in [1.165, 1.54) is 0 Å². The Hall–Kier alpha value is -1.86. The summed E-state index contributed by atoms with van der Waals surface area (Å²) in [5.41, 5.74) is 0.627. The molecule has 0 radical (unpaired) electrons. The number of methoxy groups -OCH3 is 3. The summed E-state index contributed by atoms with van der Waals surface area (Å²) in [6, 6.07) is 3.90. The molecule has 1 atom stereocenters. The summed E-state index contributed by atoms with van der Waals surface area (Å²) in [4.78, 5) is 0. The Morgan fingerprint density at radius 2 is 1.60 bits per heavy atom. The third-order valence-electron chi connectivity index (χ3n) is 3.13. The van der Waals surface area contributed by atoms with Crippen LogP contribution in [-0.4, -0.2) is 26.9 Å². The van der Waals surface area contributed by atoms with E-state index in [-0.39, 0.29) is 11.6 Å². The minimum absolute atomic E-state index is 0.0507. The number of terminal acetylenes is 1. The quantitative estimate of drug-likeness (QED) is 0.812. The van der Waals surface area contributed by atoms with E-state index in [1.807, 2.05) is 32.9 Å². The topological polar surface area (TPSA) is 39.7 Å². The van der Waals surface area contributed by atoms with E-state index in [0.717, 1.165) is 5.56 Å². The Kier molecular flexibility index (Phi) is 5.29. The van der Waals surface area contributed by atoms with Gasteiger partial charge in [0.2, 0.25) is 5.75 Å². The maximum Gasteiger partial charge on any atom is 0.203 e. The minimum atomic E-state index is -0.389. The monoisotopic (exact) mass is 277 g/mol. The second-order valence-corrected chi connectivity index (χ2v) is 5.09. The first-order chi connectivity index (χ1) is 9.38. The summed E-state index contributed by atoms with van der Waals surface area (Å²) in [7, 11) is 4.79. The first kappa shape index (κ1) is 16.2. The van der Waals surface area contributed by atoms with E-state index >= 15 is 0 Å². The van der Waals surface area contributed by atoms with E-state index in [1.54, 1.807) is 21.3 Å². The van der Waals surface area contributed by atoms with E-state index in [9.17, 15) is 0 Å². The van der Waals surface area contributed by atoms with Crippen LogP contribution < -0.4 is 19.5 Å². The van der Waals surface area contributed by atoms with Crippen molar-refractivity contribution in [2.45, 2.75) is 32.4 Å². The second-order valence-electron chi connectivity index (χ2n) is 5.09. The normalized spacial score (nSPS) is 12.4. The Morgan fingerprint density at radius 3 is 1.95 bits per heavy atom. The average molecular weight is 277 g/mol. The number of nitrogens with one attached hydrogen (secondary N) is 1. The molecule has 0 saturated carbocycles. The molecule has 0 aromatic heterocycles. The van der Waals surface area contributed by atoms with E-state index in [0.29, 0.717) is 17.2 Å². The molecule has 0 spiro atoms. The van der Waals surface area contributed by atoms with Gasteiger partial charge in [-0.3, -0.25) is 5.32 Å². The van der Waals surface area contributed by atoms with Crippen LogP contribution in [0.2, 0.25) is 0 Å². The maximum absolute atomic E-state index is 5.51. The summed E-state index contributed by atoms with van der Waals surface area (Å²) in [5.74, 6) is 4.58. The van der Waals surface area contributed by atoms with Crippen molar-refractivity contribution >= 4 is 0 Å². The van der Waals surface area contributed by atoms with Crippen molar-refractivity contribution in [3.8, 4) is 29.6 Å². The van der Waals surface area contributed by atoms with Gasteiger partial charge < -0.3 is 14.2 Å². The predicted octanol–water partition coefficient (Wildman–Crippen LogP) is 2.77. The molecule has 0 heterocycles. The highest BCUT2D eigenvalue weighted by molar-refractivity contribution is 5.54. The van der Waals surface area contributed by atoms with E-state index in [2.05, 4.69) is 11.2 Å². The van der Waals surface area contributed by atoms with Gasteiger partial charge in [-0.25, -0.2) is 0 Å². The van der Waals surface area contributed by atoms with Crippen LogP contribution in [-0.2, 0) is 0 Å². The third-order valence-corrected chi connectivity index (χ3v) is 3.13. The van der Waals surface area contributed by atoms with Crippen molar-refractivity contribution in [1.29, 1.82) is 0 Å². The number of hydrogen-bond acceptors (Lipinski definition) is 4. The molecular weight excluding hydrogens is 254 g/mol. The standard InChI is InChI=1S/C16H23NO3/c1-8-16(3,4)17-11(2)12-9-13(18-5)15(20-7)14(10-12)19-6/h1,9-11,17H,2-7H3. The first-order valence-electron chi connectivity index (χ1n) is 6.44. The fraction of sp³-hybridized carbons (Fsp3) is 0.500. The lowest BCUT2D eigenvalue weighted by Gasteiger charge is -2.26. The predicted molar refractivity (Wildman–Crippen MR) is 80.6 cm³/mol. The van der Waals surface area contributed by atoms with Crippen LogP contribution in [0.25, 0.3) is 0 Å². The molecule has 0 bridgehead atoms. The minimum Gasteiger partial charge on any atom is -0.493 e. The van der Waals surface area contributed by atoms with Crippen LogP contribution in [0.5, 0.6) is 17.2 Å². The van der Waals surface area contributed by atoms with Gasteiger partial charge in [-0.15, -0.1) is 6.42 Å². The van der Waals surface area contributed by atoms with Crippen LogP contribution in [0.4, 0.5) is 0 Å². The molecule has 4 heteroatoms. The van der Waals surface area contributed by atoms with Crippen LogP contribution in [0.3, 0.4) is 0 Å². The SMILES string of the molecule is C#CC(C)(C)NC(C)c1cc(OC)c(OC)c(OC)c1. The fourth-order valence-electron chi connectivity index (χ4n) is 2.02. The average Bonchev–Trinajstić information content (AvgIpc) is 2.44. The molecule has 20 heavy (non-hydrogen) atoms. The van der Waals surface area contributed by atoms with Crippen LogP contribution in [0, 0.1) is 12.3 Å². The molecule has 0 saturated heterocycles. The zero-order chi connectivity index (χ0) is 15.3. The Labute approximate surface area is 121 Å². The molecule has 1 aromatic rings. The van der Waals surface area contributed by atoms with Crippen molar-refractivity contribution in [2.24, 2.45) is 0 Å². The number of ether oxygens (including phenoxy) is 3. The van der Waals surface area contributed by atoms with Crippen molar-refractivity contribution < 1.29 is 14.2 Å². The number of hydrogen-bond donors (Lipinski definition) is 1. The van der Waals surface area contributed by atoms with E-state index in [4.69, 9.17) is 20.6 Å². The lowest BCUT2D eigenvalue weighted by molar-refractivity contribution is 0.322. The first-order valence-corrected chi connectivity index (χ1v) is 6.44. The summed E-state index contributed by atoms with van der Waals surface area (Å²) in [6.07, 6.45) is 5.51. The van der Waals surface area contributed by atoms with Gasteiger partial charge in [-0.1, -0.05) is 5.92 Å². The Balaban J connectivity index is 3.16. The molecule has 0 fully saturated rings. The molecular formula is C16H23NO3. The molecule has 0 aliphatic heterocycles. The smallest absolute Gasteiger partial charge is 0.203 e. The highest BCUT2D eigenvalue weighted by atomic mass is 16.5. The van der Waals surface area contributed by atoms with Gasteiger partial charge in [0.25, 0.3) is 0 Å². The van der Waals surface area contributed by atoms with Crippen LogP contribution >= 0.6 is 0 Å². The molecule has 0 aliphatic rings. The third kappa shape index (κ3) is 3.58. The summed E-state index contributed by atoms with van der Waals surface area (Å²) >= 11 is 0. The van der Waals surface area contributed by atoms with Crippen LogP contribution in [0.1, 0.15) is 32.4 Å². The highest BCUT2D eigenvalue weighted by Gasteiger charge is 2.21. The molecule has 1 aromatic carbocycles. The van der Waals surface area contributed by atoms with Gasteiger partial charge in [-0.05, 0) is 38.5 Å². The number of rotatable bonds is 6. The van der Waals surface area contributed by atoms with Crippen molar-refractivity contribution in [3.05, 3.63) is 17.7 Å². The fourth-order valence-corrected chi connectivity index (χ4v) is 2.02.